The van der Waals surface area contributed by atoms with Crippen molar-refractivity contribution in [2.45, 2.75) is 38.6 Å². The maximum Gasteiger partial charge on any atom is 0.342 e. The summed E-state index contributed by atoms with van der Waals surface area (Å²) in [6.45, 7) is 3.05. The fraction of sp³-hybridized carbons (Fsp3) is 0.400. The predicted octanol–water partition coefficient (Wildman–Crippen LogP) is 2.18. The maximum atomic E-state index is 14.1. The Hall–Kier alpha value is -2.71. The van der Waals surface area contributed by atoms with Crippen molar-refractivity contribution in [2.24, 2.45) is 5.92 Å². The number of nitrogens with one attached hydrogen (secondary N) is 1. The number of benzene rings is 1. The molecule has 1 aliphatic heterocycles. The lowest BCUT2D eigenvalue weighted by atomic mass is 9.99. The van der Waals surface area contributed by atoms with Crippen LogP contribution in [0.4, 0.5) is 10.1 Å². The number of rotatable bonds is 1. The van der Waals surface area contributed by atoms with Crippen LogP contribution in [0, 0.1) is 5.92 Å². The van der Waals surface area contributed by atoms with Crippen molar-refractivity contribution >= 4 is 23.5 Å². The number of carbonyl (C=O) groups excluding carboxylic acids is 2. The number of cyclic esters (lactones) is 1. The van der Waals surface area contributed by atoms with Crippen LogP contribution >= 0.6 is 0 Å². The number of aliphatic hydroxyl groups is 2. The minimum Gasteiger partial charge on any atom is -0.507 e. The van der Waals surface area contributed by atoms with Gasteiger partial charge in [-0.15, -0.1) is 0 Å². The molecule has 0 amide bonds. The summed E-state index contributed by atoms with van der Waals surface area (Å²) in [5.41, 5.74) is 0.778. The normalized spacial score (nSPS) is 29.7. The van der Waals surface area contributed by atoms with Crippen LogP contribution in [0.25, 0.3) is 6.08 Å². The molecule has 0 spiro atoms. The number of carbonyl (C=O) groups is 2. The molecule has 8 heteroatoms. The van der Waals surface area contributed by atoms with Gasteiger partial charge in [0, 0.05) is 24.7 Å². The van der Waals surface area contributed by atoms with Crippen molar-refractivity contribution in [3.8, 4) is 5.75 Å². The molecule has 4 atom stereocenters. The second kappa shape index (κ2) is 8.99. The first-order valence-electron chi connectivity index (χ1n) is 8.85. The fourth-order valence-electron chi connectivity index (χ4n) is 2.71. The third-order valence-corrected chi connectivity index (χ3v) is 4.63. The van der Waals surface area contributed by atoms with Gasteiger partial charge in [-0.05, 0) is 31.1 Å². The van der Waals surface area contributed by atoms with Gasteiger partial charge < -0.3 is 25.4 Å². The van der Waals surface area contributed by atoms with Crippen LogP contribution in [0.3, 0.4) is 0 Å². The van der Waals surface area contributed by atoms with Crippen LogP contribution in [0.5, 0.6) is 5.75 Å². The number of ether oxygens (including phenoxy) is 1. The molecule has 1 aromatic rings. The number of phenolic OH excluding ortho intramolecular Hbond substituents is 1. The third kappa shape index (κ3) is 4.76. The SMILES string of the molecule is CNc1cc(O)c2c(c1)/C=C/C[C@H](O)[C@H](O)C(=O)/C(F)=C\[C@@H](C)[C@H](C)OC2=O. The molecule has 0 radical (unpaired) electrons. The zero-order chi connectivity index (χ0) is 21.0. The molecule has 0 aliphatic carbocycles. The highest BCUT2D eigenvalue weighted by atomic mass is 19.1. The van der Waals surface area contributed by atoms with Gasteiger partial charge in [-0.25, -0.2) is 9.18 Å². The number of hydrogen-bond donors (Lipinski definition) is 4. The Labute approximate surface area is 162 Å². The van der Waals surface area contributed by atoms with E-state index in [0.29, 0.717) is 11.3 Å². The zero-order valence-electron chi connectivity index (χ0n) is 15.8. The Kier molecular flexibility index (Phi) is 6.93. The summed E-state index contributed by atoms with van der Waals surface area (Å²) in [5, 5.41) is 33.0. The number of esters is 1. The fourth-order valence-corrected chi connectivity index (χ4v) is 2.71. The van der Waals surface area contributed by atoms with E-state index in [1.54, 1.807) is 13.1 Å². The van der Waals surface area contributed by atoms with Crippen molar-refractivity contribution in [3.05, 3.63) is 41.2 Å². The second-order valence-electron chi connectivity index (χ2n) is 6.71. The molecule has 0 saturated heterocycles. The number of aromatic hydroxyl groups is 1. The average Bonchev–Trinajstić information content (AvgIpc) is 2.65. The molecular formula is C20H24FNO6. The van der Waals surface area contributed by atoms with Crippen molar-refractivity contribution in [3.63, 3.8) is 0 Å². The van der Waals surface area contributed by atoms with Gasteiger partial charge in [0.25, 0.3) is 0 Å². The Morgan fingerprint density at radius 1 is 1.21 bits per heavy atom. The van der Waals surface area contributed by atoms with Crippen LogP contribution in [0.15, 0.2) is 30.1 Å². The molecular weight excluding hydrogens is 369 g/mol. The third-order valence-electron chi connectivity index (χ3n) is 4.63. The van der Waals surface area contributed by atoms with E-state index in [4.69, 9.17) is 4.74 Å². The smallest absolute Gasteiger partial charge is 0.342 e. The number of ketones is 1. The van der Waals surface area contributed by atoms with E-state index >= 15 is 0 Å². The molecule has 1 aliphatic rings. The lowest BCUT2D eigenvalue weighted by Crippen LogP contribution is -2.34. The van der Waals surface area contributed by atoms with Crippen molar-refractivity contribution in [1.29, 1.82) is 0 Å². The Bertz CT molecular complexity index is 819. The van der Waals surface area contributed by atoms with E-state index in [0.717, 1.165) is 6.08 Å². The van der Waals surface area contributed by atoms with E-state index in [1.807, 2.05) is 0 Å². The standard InChI is InChI=1S/C20H24FNO6/c1-10-7-14(21)18(25)19(26)15(23)6-4-5-12-8-13(22-3)9-16(24)17(12)20(27)28-11(10)2/h4-5,7-11,15,19,22-24,26H,6H2,1-3H3/b5-4+,14-7+/t10-,11+,15+,19+/m1/s1. The van der Waals surface area contributed by atoms with E-state index < -0.39 is 41.8 Å². The molecule has 28 heavy (non-hydrogen) atoms. The van der Waals surface area contributed by atoms with Crippen LogP contribution in [-0.4, -0.2) is 52.4 Å². The van der Waals surface area contributed by atoms with Crippen molar-refractivity contribution in [1.82, 2.24) is 0 Å². The molecule has 0 unspecified atom stereocenters. The van der Waals surface area contributed by atoms with Crippen molar-refractivity contribution < 1.29 is 34.0 Å². The summed E-state index contributed by atoms with van der Waals surface area (Å²) in [7, 11) is 1.64. The van der Waals surface area contributed by atoms with E-state index in [1.165, 1.54) is 32.1 Å². The van der Waals surface area contributed by atoms with E-state index in [-0.39, 0.29) is 17.7 Å². The average molecular weight is 393 g/mol. The van der Waals surface area contributed by atoms with Crippen LogP contribution in [-0.2, 0) is 9.53 Å². The van der Waals surface area contributed by atoms with Crippen LogP contribution < -0.4 is 5.32 Å². The summed E-state index contributed by atoms with van der Waals surface area (Å²) >= 11 is 0. The highest BCUT2D eigenvalue weighted by Crippen LogP contribution is 2.30. The monoisotopic (exact) mass is 393 g/mol. The highest BCUT2D eigenvalue weighted by molar-refractivity contribution is 5.98. The molecule has 0 bridgehead atoms. The molecule has 1 heterocycles. The maximum absolute atomic E-state index is 14.1. The van der Waals surface area contributed by atoms with Gasteiger partial charge >= 0.3 is 5.97 Å². The number of anilines is 1. The van der Waals surface area contributed by atoms with E-state index in [9.17, 15) is 29.3 Å². The predicted molar refractivity (Wildman–Crippen MR) is 102 cm³/mol. The van der Waals surface area contributed by atoms with Crippen molar-refractivity contribution in [2.75, 3.05) is 12.4 Å². The molecule has 0 aromatic heterocycles. The van der Waals surface area contributed by atoms with Gasteiger partial charge in [-0.1, -0.05) is 19.1 Å². The minimum absolute atomic E-state index is 0.0816. The van der Waals surface area contributed by atoms with Gasteiger partial charge in [0.15, 0.2) is 5.83 Å². The Balaban J connectivity index is 2.54. The summed E-state index contributed by atoms with van der Waals surface area (Å²) in [6, 6.07) is 2.96. The topological polar surface area (TPSA) is 116 Å². The number of phenols is 1. The summed E-state index contributed by atoms with van der Waals surface area (Å²) in [5.74, 6) is -4.26. The first-order chi connectivity index (χ1) is 13.1. The molecule has 152 valence electrons. The summed E-state index contributed by atoms with van der Waals surface area (Å²) < 4.78 is 19.4. The lowest BCUT2D eigenvalue weighted by molar-refractivity contribution is -0.130. The molecule has 2 rings (SSSR count). The number of fused-ring (bicyclic) bond motifs is 1. The van der Waals surface area contributed by atoms with E-state index in [2.05, 4.69) is 5.32 Å². The minimum atomic E-state index is -1.93. The number of halogens is 1. The first kappa shape index (κ1) is 21.6. The van der Waals surface area contributed by atoms with Gasteiger partial charge in [-0.3, -0.25) is 4.79 Å². The van der Waals surface area contributed by atoms with Gasteiger partial charge in [0.1, 0.15) is 23.5 Å². The largest absolute Gasteiger partial charge is 0.507 e. The highest BCUT2D eigenvalue weighted by Gasteiger charge is 2.29. The molecule has 0 fully saturated rings. The number of hydrogen-bond acceptors (Lipinski definition) is 7. The molecule has 7 nitrogen and oxygen atoms in total. The second-order valence-corrected chi connectivity index (χ2v) is 6.71. The Morgan fingerprint density at radius 3 is 2.54 bits per heavy atom. The number of Topliss-reactive ketones (excluding diaryl/α,β-unsaturated/α-hetero) is 1. The Morgan fingerprint density at radius 2 is 1.89 bits per heavy atom. The molecule has 0 saturated carbocycles. The lowest BCUT2D eigenvalue weighted by Gasteiger charge is -2.20. The van der Waals surface area contributed by atoms with Gasteiger partial charge in [0.2, 0.25) is 5.78 Å². The molecule has 4 N–H and O–H groups in total. The van der Waals surface area contributed by atoms with Crippen LogP contribution in [0.1, 0.15) is 36.2 Å². The quantitative estimate of drug-likeness (QED) is 0.541. The molecule has 1 aromatic carbocycles. The summed E-state index contributed by atoms with van der Waals surface area (Å²) in [6.07, 6.45) is -0.667. The summed E-state index contributed by atoms with van der Waals surface area (Å²) in [4.78, 5) is 24.5. The zero-order valence-corrected chi connectivity index (χ0v) is 15.8. The first-order valence-corrected chi connectivity index (χ1v) is 8.85. The van der Waals surface area contributed by atoms with Crippen LogP contribution in [0.2, 0.25) is 0 Å². The van der Waals surface area contributed by atoms with Gasteiger partial charge in [-0.2, -0.15) is 0 Å². The number of aliphatic hydroxyl groups excluding tert-OH is 2. The van der Waals surface area contributed by atoms with Gasteiger partial charge in [0.05, 0.1) is 6.10 Å².